The average molecular weight is 1040 g/mol. The van der Waals surface area contributed by atoms with Crippen molar-refractivity contribution in [2.45, 2.75) is 117 Å². The van der Waals surface area contributed by atoms with Gasteiger partial charge in [-0.05, 0) is 124 Å². The molecule has 4 fully saturated rings. The van der Waals surface area contributed by atoms with Gasteiger partial charge in [-0.15, -0.1) is 0 Å². The summed E-state index contributed by atoms with van der Waals surface area (Å²) in [6.07, 6.45) is 11.7. The number of nitrogens with zero attached hydrogens (tertiary/aromatic N) is 9. The number of hydrogen-bond acceptors (Lipinski definition) is 13. The van der Waals surface area contributed by atoms with Crippen molar-refractivity contribution in [2.24, 2.45) is 0 Å². The highest BCUT2D eigenvalue weighted by atomic mass is 16.6. The minimum Gasteiger partial charge on any atom is -0.494 e. The van der Waals surface area contributed by atoms with Crippen LogP contribution in [-0.2, 0) is 14.3 Å². The van der Waals surface area contributed by atoms with Gasteiger partial charge in [-0.25, -0.2) is 19.3 Å². The van der Waals surface area contributed by atoms with Gasteiger partial charge in [-0.2, -0.15) is 0 Å². The first-order chi connectivity index (χ1) is 36.1. The lowest BCUT2D eigenvalue weighted by Crippen LogP contribution is -2.50. The smallest absolute Gasteiger partial charge is 0.410 e. The highest BCUT2D eigenvalue weighted by Crippen LogP contribution is 2.20. The third kappa shape index (κ3) is 28.1. The Morgan fingerprint density at radius 3 is 1.13 bits per heavy atom. The molecule has 2 amide bonds. The molecule has 4 saturated heterocycles. The molecule has 17 nitrogen and oxygen atoms in total. The van der Waals surface area contributed by atoms with E-state index in [0.29, 0.717) is 17.8 Å². The molecule has 0 unspecified atom stereocenters. The maximum Gasteiger partial charge on any atom is 0.410 e. The molecule has 17 heteroatoms. The molecule has 4 aliphatic rings. The molecule has 418 valence electrons. The van der Waals surface area contributed by atoms with Gasteiger partial charge in [0.25, 0.3) is 0 Å². The molecule has 75 heavy (non-hydrogen) atoms. The van der Waals surface area contributed by atoms with Gasteiger partial charge in [0.1, 0.15) is 29.0 Å². The number of ether oxygens (including phenoxy) is 4. The predicted octanol–water partition coefficient (Wildman–Crippen LogP) is 8.95. The second kappa shape index (κ2) is 35.3. The van der Waals surface area contributed by atoms with E-state index < -0.39 is 11.2 Å². The molecule has 4 heterocycles. The number of carbonyl (C=O) groups is 3. The highest BCUT2D eigenvalue weighted by Gasteiger charge is 2.27. The van der Waals surface area contributed by atoms with Crippen molar-refractivity contribution >= 4 is 29.8 Å². The Morgan fingerprint density at radius 1 is 0.480 bits per heavy atom. The summed E-state index contributed by atoms with van der Waals surface area (Å²) in [5.74, 6) is 1.70. The lowest BCUT2D eigenvalue weighted by atomic mass is 10.1. The summed E-state index contributed by atoms with van der Waals surface area (Å²) in [7, 11) is 0. The Morgan fingerprint density at radius 2 is 0.800 bits per heavy atom. The summed E-state index contributed by atoms with van der Waals surface area (Å²) < 4.78 is 22.3. The number of piperazine rings is 4. The summed E-state index contributed by atoms with van der Waals surface area (Å²) in [6.45, 7) is 48.2. The van der Waals surface area contributed by atoms with Crippen LogP contribution in [0.1, 0.15) is 106 Å². The maximum absolute atomic E-state index is 12.2. The van der Waals surface area contributed by atoms with Crippen LogP contribution in [-0.4, -0.2) is 215 Å². The zero-order valence-electron chi connectivity index (χ0n) is 46.9. The van der Waals surface area contributed by atoms with Crippen LogP contribution in [0.4, 0.5) is 21.0 Å². The van der Waals surface area contributed by atoms with Crippen LogP contribution in [0.3, 0.4) is 0 Å². The van der Waals surface area contributed by atoms with E-state index in [0.717, 1.165) is 181 Å². The molecule has 0 spiro atoms. The van der Waals surface area contributed by atoms with E-state index >= 15 is 0 Å². The molecule has 0 atom stereocenters. The summed E-state index contributed by atoms with van der Waals surface area (Å²) in [6, 6.07) is 14.7. The van der Waals surface area contributed by atoms with Crippen LogP contribution in [0.15, 0.2) is 48.5 Å². The topological polar surface area (TPSA) is 132 Å². The largest absolute Gasteiger partial charge is 0.494 e. The quantitative estimate of drug-likeness (QED) is 0.0647. The van der Waals surface area contributed by atoms with E-state index in [2.05, 4.69) is 39.5 Å². The van der Waals surface area contributed by atoms with Crippen molar-refractivity contribution < 1.29 is 33.3 Å². The van der Waals surface area contributed by atoms with Crippen LogP contribution in [0.25, 0.3) is 9.69 Å². The first kappa shape index (κ1) is 62.5. The van der Waals surface area contributed by atoms with E-state index in [1.54, 1.807) is 29.2 Å². The fraction of sp³-hybridized carbons (Fsp3) is 0.707. The van der Waals surface area contributed by atoms with Crippen molar-refractivity contribution in [3.63, 3.8) is 0 Å². The molecule has 2 aromatic rings. The standard InChI is InChI=1S/C29H47N5O3.C15H28N2O3.C14H19N3O/c1-29(2,3)37-28(35)34-23-21-32(22-24-34)15-8-6-5-7-14-31-17-19-33(20-18-31)16-9-25-36-27-12-10-26(30-4)11-13-27;1-15(2,3)20-14(19)17-11-9-16(10-12-17)8-6-4-5-7-13-18;1-15-13-3-5-14(6-4-13)18-12-2-9-17-10-7-16-8-11-17/h10-13H,5-9,14-25H2,1-3H3;13H,4-12H2,1-3H3;3-6,16H,2,7-12H2. The van der Waals surface area contributed by atoms with E-state index in [1.165, 1.54) is 45.3 Å². The van der Waals surface area contributed by atoms with Gasteiger partial charge in [0.15, 0.2) is 11.4 Å². The van der Waals surface area contributed by atoms with E-state index in [-0.39, 0.29) is 12.2 Å². The van der Waals surface area contributed by atoms with E-state index in [1.807, 2.05) is 70.7 Å². The second-order valence-corrected chi connectivity index (χ2v) is 21.9. The average Bonchev–Trinajstić information content (AvgIpc) is 3.40. The molecule has 0 aliphatic carbocycles. The van der Waals surface area contributed by atoms with Gasteiger partial charge >= 0.3 is 12.2 Å². The molecule has 6 rings (SSSR count). The Kier molecular flexibility index (Phi) is 29.5. The molecular weight excluding hydrogens is 949 g/mol. The highest BCUT2D eigenvalue weighted by molar-refractivity contribution is 5.68. The van der Waals surface area contributed by atoms with Crippen LogP contribution in [0, 0.1) is 13.1 Å². The molecular formula is C58H94N10O7. The van der Waals surface area contributed by atoms with Gasteiger partial charge in [0.05, 0.1) is 26.4 Å². The summed E-state index contributed by atoms with van der Waals surface area (Å²) in [4.78, 5) is 57.2. The van der Waals surface area contributed by atoms with Gasteiger partial charge in [-0.3, -0.25) is 9.80 Å². The molecule has 4 aliphatic heterocycles. The third-order valence-corrected chi connectivity index (χ3v) is 13.4. The van der Waals surface area contributed by atoms with Gasteiger partial charge in [0.2, 0.25) is 0 Å². The lowest BCUT2D eigenvalue weighted by molar-refractivity contribution is -0.107. The minimum absolute atomic E-state index is 0.178. The van der Waals surface area contributed by atoms with E-state index in [4.69, 9.17) is 32.1 Å². The van der Waals surface area contributed by atoms with Crippen molar-refractivity contribution in [1.82, 2.24) is 39.6 Å². The summed E-state index contributed by atoms with van der Waals surface area (Å²) >= 11 is 0. The van der Waals surface area contributed by atoms with E-state index in [9.17, 15) is 14.4 Å². The Hall–Kier alpha value is -5.01. The number of carbonyl (C=O) groups excluding carboxylic acids is 3. The zero-order chi connectivity index (χ0) is 54.2. The number of aldehydes is 1. The van der Waals surface area contributed by atoms with Crippen molar-refractivity contribution in [1.29, 1.82) is 0 Å². The third-order valence-electron chi connectivity index (χ3n) is 13.4. The second-order valence-electron chi connectivity index (χ2n) is 21.9. The lowest BCUT2D eigenvalue weighted by Gasteiger charge is -2.35. The van der Waals surface area contributed by atoms with Crippen molar-refractivity contribution in [3.05, 3.63) is 71.4 Å². The van der Waals surface area contributed by atoms with Gasteiger partial charge in [-0.1, -0.05) is 43.5 Å². The van der Waals surface area contributed by atoms with Crippen LogP contribution in [0.2, 0.25) is 0 Å². The fourth-order valence-electron chi connectivity index (χ4n) is 9.09. The fourth-order valence-corrected chi connectivity index (χ4v) is 9.09. The van der Waals surface area contributed by atoms with Gasteiger partial charge < -0.3 is 53.6 Å². The molecule has 0 aromatic heterocycles. The number of nitrogens with one attached hydrogen (secondary N) is 1. The van der Waals surface area contributed by atoms with Gasteiger partial charge in [0, 0.05) is 124 Å². The Balaban J connectivity index is 0.000000269. The van der Waals surface area contributed by atoms with Crippen LogP contribution < -0.4 is 14.8 Å². The first-order valence-corrected chi connectivity index (χ1v) is 28.1. The summed E-state index contributed by atoms with van der Waals surface area (Å²) in [5, 5.41) is 3.34. The molecule has 0 radical (unpaired) electrons. The molecule has 1 N–H and O–H groups in total. The zero-order valence-corrected chi connectivity index (χ0v) is 46.9. The van der Waals surface area contributed by atoms with Crippen LogP contribution in [0.5, 0.6) is 11.5 Å². The number of rotatable bonds is 23. The minimum atomic E-state index is -0.424. The number of hydrogen-bond donors (Lipinski definition) is 1. The summed E-state index contributed by atoms with van der Waals surface area (Å²) in [5.41, 5.74) is 0.458. The number of unbranched alkanes of at least 4 members (excludes halogenated alkanes) is 6. The normalized spacial score (nSPS) is 17.3. The van der Waals surface area contributed by atoms with Crippen LogP contribution >= 0.6 is 0 Å². The Labute approximate surface area is 451 Å². The molecule has 0 bridgehead atoms. The molecule has 2 aromatic carbocycles. The SMILES string of the molecule is CC(C)(C)OC(=O)N1CCN(CCCCCC=O)CC1.[C-]#[N+]c1ccc(OCCCN2CCN(CCCCCCN3CCN(C(=O)OC(C)(C)C)CC3)CC2)cc1.[C-]#[N+]c1ccc(OCCCN2CCNCC2)cc1. The molecule has 0 saturated carbocycles. The van der Waals surface area contributed by atoms with Crippen molar-refractivity contribution in [3.8, 4) is 11.5 Å². The Bertz CT molecular complexity index is 1950. The predicted molar refractivity (Wildman–Crippen MR) is 299 cm³/mol. The maximum atomic E-state index is 12.2. The first-order valence-electron chi connectivity index (χ1n) is 28.1. The monoisotopic (exact) mass is 1040 g/mol. The number of benzene rings is 2. The number of amides is 2. The van der Waals surface area contributed by atoms with Crippen molar-refractivity contribution in [2.75, 3.05) is 151 Å².